The molecule has 15 heteroatoms. The lowest BCUT2D eigenvalue weighted by Gasteiger charge is -2.32. The maximum atomic E-state index is 12.7. The molecule has 0 unspecified atom stereocenters. The van der Waals surface area contributed by atoms with Crippen LogP contribution in [0.4, 0.5) is 13.2 Å². The quantitative estimate of drug-likeness (QED) is 0.296. The number of likely N-dealkylation sites (N-methyl/N-ethyl adjacent to an activating group) is 2. The molecule has 2 fully saturated rings. The van der Waals surface area contributed by atoms with Gasteiger partial charge in [0.25, 0.3) is 11.8 Å². The Hall–Kier alpha value is -4.34. The molecule has 2 amide bonds. The first-order chi connectivity index (χ1) is 23.8. The minimum atomic E-state index is -5.69. The van der Waals surface area contributed by atoms with Crippen LogP contribution in [-0.2, 0) is 27.1 Å². The molecule has 0 bridgehead atoms. The number of aryl methyl sites for hydroxylation is 2. The van der Waals surface area contributed by atoms with E-state index in [1.54, 1.807) is 4.90 Å². The lowest BCUT2D eigenvalue weighted by atomic mass is 9.93. The van der Waals surface area contributed by atoms with Gasteiger partial charge in [-0.2, -0.15) is 21.6 Å². The number of hydrogen-bond acceptors (Lipinski definition) is 7. The second-order valence-corrected chi connectivity index (χ2v) is 14.6. The highest BCUT2D eigenvalue weighted by molar-refractivity contribution is 7.87. The van der Waals surface area contributed by atoms with Gasteiger partial charge in [0.1, 0.15) is 17.1 Å². The van der Waals surface area contributed by atoms with Gasteiger partial charge in [0.2, 0.25) is 0 Å². The van der Waals surface area contributed by atoms with Crippen molar-refractivity contribution in [2.24, 2.45) is 0 Å². The molecule has 4 heterocycles. The molecule has 11 nitrogen and oxygen atoms in total. The standard InChI is InChI=1S/C20H23N3O.C15H18F3N3O4S/c1-22-9-11-23(12-10-22)20(24)19-14-17-13-16(7-8-18(17)21-19)15-5-3-2-4-6-15;1-20-4-6-21(7-5-20)14(22)13-9-10-8-11(2-3-12(10)19-13)25-26(23,24)15(16,17)18/h2-6,13-14,21H,7-12H2,1H3;8-9,19H,2-7H2,1H3. The Balaban J connectivity index is 0.000000173. The van der Waals surface area contributed by atoms with Gasteiger partial charge in [0.05, 0.1) is 0 Å². The number of hydrogen-bond donors (Lipinski definition) is 2. The molecule has 2 saturated heterocycles. The maximum Gasteiger partial charge on any atom is 0.534 e. The molecule has 50 heavy (non-hydrogen) atoms. The maximum absolute atomic E-state index is 12.7. The second-order valence-electron chi connectivity index (χ2n) is 13.1. The third-order valence-electron chi connectivity index (χ3n) is 9.47. The highest BCUT2D eigenvalue weighted by Crippen LogP contribution is 2.33. The van der Waals surface area contributed by atoms with E-state index in [1.807, 2.05) is 24.1 Å². The minimum absolute atomic E-state index is 0.00897. The lowest BCUT2D eigenvalue weighted by Crippen LogP contribution is -2.47. The number of nitrogens with zero attached hydrogens (tertiary/aromatic N) is 4. The smallest absolute Gasteiger partial charge is 0.381 e. The van der Waals surface area contributed by atoms with E-state index in [1.165, 1.54) is 29.0 Å². The van der Waals surface area contributed by atoms with Crippen molar-refractivity contribution in [3.8, 4) is 0 Å². The molecular formula is C35H41F3N6O5S. The van der Waals surface area contributed by atoms with Crippen LogP contribution in [0.15, 0.2) is 48.2 Å². The Morgan fingerprint density at radius 2 is 1.18 bits per heavy atom. The molecule has 1 aromatic carbocycles. The van der Waals surface area contributed by atoms with Gasteiger partial charge in [-0.3, -0.25) is 9.59 Å². The Labute approximate surface area is 289 Å². The molecule has 2 aromatic heterocycles. The van der Waals surface area contributed by atoms with E-state index in [4.69, 9.17) is 0 Å². The predicted molar refractivity (Wildman–Crippen MR) is 183 cm³/mol. The fourth-order valence-electron chi connectivity index (χ4n) is 6.44. The van der Waals surface area contributed by atoms with Gasteiger partial charge in [-0.1, -0.05) is 30.3 Å². The first-order valence-electron chi connectivity index (χ1n) is 16.6. The molecule has 7 rings (SSSR count). The van der Waals surface area contributed by atoms with Crippen molar-refractivity contribution >= 4 is 39.7 Å². The van der Waals surface area contributed by atoms with Crippen molar-refractivity contribution in [2.45, 2.75) is 31.2 Å². The van der Waals surface area contributed by atoms with E-state index < -0.39 is 15.6 Å². The Bertz CT molecular complexity index is 1880. The van der Waals surface area contributed by atoms with Crippen molar-refractivity contribution in [1.82, 2.24) is 29.6 Å². The molecule has 4 aliphatic rings. The third kappa shape index (κ3) is 8.00. The van der Waals surface area contributed by atoms with Crippen LogP contribution < -0.4 is 0 Å². The first-order valence-corrected chi connectivity index (χ1v) is 18.0. The largest absolute Gasteiger partial charge is 0.534 e. The minimum Gasteiger partial charge on any atom is -0.381 e. The number of halogens is 3. The van der Waals surface area contributed by atoms with E-state index in [0.717, 1.165) is 63.4 Å². The number of benzene rings is 1. The van der Waals surface area contributed by atoms with Crippen molar-refractivity contribution < 1.29 is 35.4 Å². The van der Waals surface area contributed by atoms with Crippen LogP contribution >= 0.6 is 0 Å². The number of carbonyl (C=O) groups excluding carboxylic acids is 2. The van der Waals surface area contributed by atoms with Crippen LogP contribution in [0.25, 0.3) is 17.7 Å². The zero-order chi connectivity index (χ0) is 35.6. The zero-order valence-corrected chi connectivity index (χ0v) is 28.9. The number of H-pyrrole nitrogens is 2. The van der Waals surface area contributed by atoms with Gasteiger partial charge in [-0.15, -0.1) is 0 Å². The van der Waals surface area contributed by atoms with Crippen LogP contribution in [0.2, 0.25) is 0 Å². The first kappa shape index (κ1) is 35.5. The Kier molecular flexibility index (Phi) is 10.3. The number of amides is 2. The molecule has 0 saturated carbocycles. The number of rotatable bonds is 5. The molecule has 2 N–H and O–H groups in total. The summed E-state index contributed by atoms with van der Waals surface area (Å²) in [7, 11) is -1.62. The van der Waals surface area contributed by atoms with Crippen molar-refractivity contribution in [3.63, 3.8) is 0 Å². The van der Waals surface area contributed by atoms with Gasteiger partial charge >= 0.3 is 15.6 Å². The van der Waals surface area contributed by atoms with Crippen molar-refractivity contribution in [3.05, 3.63) is 87.7 Å². The van der Waals surface area contributed by atoms with Gasteiger partial charge in [-0.25, -0.2) is 0 Å². The second kappa shape index (κ2) is 14.5. The molecule has 2 aliphatic heterocycles. The summed E-state index contributed by atoms with van der Waals surface area (Å²) < 4.78 is 63.7. The van der Waals surface area contributed by atoms with E-state index in [-0.39, 0.29) is 30.4 Å². The molecule has 2 aliphatic carbocycles. The normalized spacial score (nSPS) is 18.7. The lowest BCUT2D eigenvalue weighted by molar-refractivity contribution is -0.0523. The predicted octanol–water partition coefficient (Wildman–Crippen LogP) is 4.44. The van der Waals surface area contributed by atoms with E-state index in [2.05, 4.69) is 61.3 Å². The summed E-state index contributed by atoms with van der Waals surface area (Å²) in [5.41, 5.74) is 1.68. The summed E-state index contributed by atoms with van der Waals surface area (Å²) in [5, 5.41) is 0. The van der Waals surface area contributed by atoms with Crippen LogP contribution in [-0.4, -0.2) is 122 Å². The highest BCUT2D eigenvalue weighted by Gasteiger charge is 2.49. The summed E-state index contributed by atoms with van der Waals surface area (Å²) >= 11 is 0. The van der Waals surface area contributed by atoms with Gasteiger partial charge < -0.3 is 33.8 Å². The molecule has 0 spiro atoms. The number of piperazine rings is 2. The zero-order valence-electron chi connectivity index (χ0n) is 28.1. The number of alkyl halides is 3. The fourth-order valence-corrected chi connectivity index (χ4v) is 6.94. The van der Waals surface area contributed by atoms with Gasteiger partial charge in [-0.05, 0) is 79.9 Å². The molecule has 0 atom stereocenters. The summed E-state index contributed by atoms with van der Waals surface area (Å²) in [4.78, 5) is 39.6. The van der Waals surface area contributed by atoms with E-state index in [9.17, 15) is 31.2 Å². The number of nitrogens with one attached hydrogen (secondary N) is 2. The van der Waals surface area contributed by atoms with Gasteiger partial charge in [0.15, 0.2) is 0 Å². The average molecular weight is 715 g/mol. The number of allylic oxidation sites excluding steroid dienone is 2. The monoisotopic (exact) mass is 714 g/mol. The summed E-state index contributed by atoms with van der Waals surface area (Å²) in [6, 6.07) is 14.0. The Morgan fingerprint density at radius 3 is 1.68 bits per heavy atom. The molecule has 0 radical (unpaired) electrons. The number of fused-ring (bicyclic) bond motifs is 2. The number of aromatic nitrogens is 2. The van der Waals surface area contributed by atoms with E-state index in [0.29, 0.717) is 30.0 Å². The van der Waals surface area contributed by atoms with Crippen LogP contribution in [0.5, 0.6) is 0 Å². The third-order valence-corrected chi connectivity index (χ3v) is 10.5. The highest BCUT2D eigenvalue weighted by atomic mass is 32.2. The van der Waals surface area contributed by atoms with Crippen molar-refractivity contribution in [2.75, 3.05) is 66.5 Å². The van der Waals surface area contributed by atoms with Crippen LogP contribution in [0, 0.1) is 0 Å². The van der Waals surface area contributed by atoms with Crippen molar-refractivity contribution in [1.29, 1.82) is 0 Å². The number of aromatic amines is 2. The molecule has 3 aromatic rings. The fraction of sp³-hybridized carbons (Fsp3) is 0.429. The molecule has 268 valence electrons. The SMILES string of the molecule is CN1CCN(C(=O)c2cc3c([nH]2)CCC(OS(=O)(=O)C(F)(F)F)=C3)CC1.CN1CCN(C(=O)c2cc3c([nH]2)CCC(c2ccccc2)=C3)CC1. The van der Waals surface area contributed by atoms with Crippen LogP contribution in [0.3, 0.4) is 0 Å². The van der Waals surface area contributed by atoms with Gasteiger partial charge in [0, 0.05) is 70.2 Å². The Morgan fingerprint density at radius 1 is 0.700 bits per heavy atom. The summed E-state index contributed by atoms with van der Waals surface area (Å²) in [5.74, 6) is -0.356. The average Bonchev–Trinajstić information content (AvgIpc) is 3.72. The van der Waals surface area contributed by atoms with E-state index >= 15 is 0 Å². The molecular weight excluding hydrogens is 673 g/mol. The topological polar surface area (TPSA) is 122 Å². The van der Waals surface area contributed by atoms with Crippen LogP contribution in [0.1, 0.15) is 61.9 Å². The summed E-state index contributed by atoms with van der Waals surface area (Å²) in [6.07, 6.45) is 5.67. The summed E-state index contributed by atoms with van der Waals surface area (Å²) in [6.45, 7) is 6.22. The number of carbonyl (C=O) groups is 2.